The Morgan fingerprint density at radius 2 is 2.00 bits per heavy atom. The standard InChI is InChI=1S/C16H20N2/c1-2-11-8-9-15-13(10-11)16(17)12-6-4-3-5-7-14(12)18-15/h8-10H,2-7H2,1H3,(H2,17,18). The fourth-order valence-corrected chi connectivity index (χ4v) is 2.90. The van der Waals surface area contributed by atoms with Crippen LogP contribution >= 0.6 is 0 Å². The van der Waals surface area contributed by atoms with E-state index in [0.29, 0.717) is 0 Å². The summed E-state index contributed by atoms with van der Waals surface area (Å²) in [6.45, 7) is 2.17. The number of aromatic nitrogens is 1. The van der Waals surface area contributed by atoms with Gasteiger partial charge in [-0.2, -0.15) is 0 Å². The summed E-state index contributed by atoms with van der Waals surface area (Å²) in [4.78, 5) is 4.83. The molecule has 1 aliphatic rings. The Morgan fingerprint density at radius 1 is 1.17 bits per heavy atom. The molecule has 2 nitrogen and oxygen atoms in total. The molecule has 0 radical (unpaired) electrons. The summed E-state index contributed by atoms with van der Waals surface area (Å²) in [6, 6.07) is 6.50. The van der Waals surface area contributed by atoms with Crippen LogP contribution in [0, 0.1) is 0 Å². The van der Waals surface area contributed by atoms with Crippen molar-refractivity contribution in [2.45, 2.75) is 45.4 Å². The highest BCUT2D eigenvalue weighted by atomic mass is 14.7. The third-order valence-electron chi connectivity index (χ3n) is 4.03. The summed E-state index contributed by atoms with van der Waals surface area (Å²) in [5, 5.41) is 1.15. The van der Waals surface area contributed by atoms with Gasteiger partial charge in [-0.05, 0) is 55.4 Å². The Labute approximate surface area is 108 Å². The average Bonchev–Trinajstić information content (AvgIpc) is 2.64. The van der Waals surface area contributed by atoms with Crippen LogP contribution in [0.5, 0.6) is 0 Å². The van der Waals surface area contributed by atoms with E-state index >= 15 is 0 Å². The molecule has 2 aromatic rings. The van der Waals surface area contributed by atoms with Crippen LogP contribution in [0.3, 0.4) is 0 Å². The first-order chi connectivity index (χ1) is 8.79. The van der Waals surface area contributed by atoms with Crippen molar-refractivity contribution in [2.24, 2.45) is 0 Å². The maximum absolute atomic E-state index is 6.39. The van der Waals surface area contributed by atoms with Crippen LogP contribution in [0.25, 0.3) is 10.9 Å². The highest BCUT2D eigenvalue weighted by Crippen LogP contribution is 2.31. The van der Waals surface area contributed by atoms with Crippen LogP contribution in [0.1, 0.15) is 43.0 Å². The molecule has 0 bridgehead atoms. The van der Waals surface area contributed by atoms with Gasteiger partial charge in [0, 0.05) is 16.8 Å². The van der Waals surface area contributed by atoms with Crippen molar-refractivity contribution >= 4 is 16.6 Å². The normalized spacial score (nSPS) is 15.4. The molecule has 0 saturated heterocycles. The Bertz CT molecular complexity index is 587. The fourth-order valence-electron chi connectivity index (χ4n) is 2.90. The smallest absolute Gasteiger partial charge is 0.0726 e. The van der Waals surface area contributed by atoms with E-state index in [-0.39, 0.29) is 0 Å². The lowest BCUT2D eigenvalue weighted by Gasteiger charge is -2.12. The Morgan fingerprint density at radius 3 is 2.83 bits per heavy atom. The number of nitrogens with zero attached hydrogens (tertiary/aromatic N) is 1. The molecule has 1 aromatic heterocycles. The van der Waals surface area contributed by atoms with E-state index in [9.17, 15) is 0 Å². The van der Waals surface area contributed by atoms with Crippen molar-refractivity contribution in [3.63, 3.8) is 0 Å². The first kappa shape index (κ1) is 11.5. The summed E-state index contributed by atoms with van der Waals surface area (Å²) in [5.74, 6) is 0. The molecule has 1 aromatic carbocycles. The monoisotopic (exact) mass is 240 g/mol. The molecule has 94 valence electrons. The summed E-state index contributed by atoms with van der Waals surface area (Å²) in [6.07, 6.45) is 7.03. The number of nitrogen functional groups attached to an aromatic ring is 1. The lowest BCUT2D eigenvalue weighted by atomic mass is 10.0. The Balaban J connectivity index is 2.24. The van der Waals surface area contributed by atoms with Gasteiger partial charge in [0.1, 0.15) is 0 Å². The zero-order valence-electron chi connectivity index (χ0n) is 11.0. The summed E-state index contributed by atoms with van der Waals surface area (Å²) in [5.41, 5.74) is 12.3. The molecular formula is C16H20N2. The number of anilines is 1. The van der Waals surface area contributed by atoms with Crippen molar-refractivity contribution < 1.29 is 0 Å². The summed E-state index contributed by atoms with van der Waals surface area (Å²) in [7, 11) is 0. The number of pyridine rings is 1. The third-order valence-corrected chi connectivity index (χ3v) is 4.03. The van der Waals surface area contributed by atoms with Gasteiger partial charge in [0.15, 0.2) is 0 Å². The van der Waals surface area contributed by atoms with Crippen molar-refractivity contribution in [2.75, 3.05) is 5.73 Å². The number of fused-ring (bicyclic) bond motifs is 2. The van der Waals surface area contributed by atoms with Crippen LogP contribution in [-0.2, 0) is 19.3 Å². The average molecular weight is 240 g/mol. The molecule has 18 heavy (non-hydrogen) atoms. The maximum atomic E-state index is 6.39. The van der Waals surface area contributed by atoms with E-state index < -0.39 is 0 Å². The SMILES string of the molecule is CCc1ccc2nc3c(c(N)c2c1)CCCCC3. The third kappa shape index (κ3) is 1.86. The second-order valence-electron chi connectivity index (χ2n) is 5.22. The second kappa shape index (κ2) is 4.60. The van der Waals surface area contributed by atoms with Crippen molar-refractivity contribution in [1.82, 2.24) is 4.98 Å². The highest BCUT2D eigenvalue weighted by molar-refractivity contribution is 5.92. The first-order valence-electron chi connectivity index (χ1n) is 6.99. The number of hydrogen-bond acceptors (Lipinski definition) is 2. The van der Waals surface area contributed by atoms with E-state index in [4.69, 9.17) is 10.7 Å². The van der Waals surface area contributed by atoms with E-state index in [1.165, 1.54) is 36.1 Å². The summed E-state index contributed by atoms with van der Waals surface area (Å²) < 4.78 is 0. The zero-order valence-corrected chi connectivity index (χ0v) is 11.0. The zero-order chi connectivity index (χ0) is 12.5. The maximum Gasteiger partial charge on any atom is 0.0726 e. The van der Waals surface area contributed by atoms with Crippen LogP contribution in [-0.4, -0.2) is 4.98 Å². The topological polar surface area (TPSA) is 38.9 Å². The van der Waals surface area contributed by atoms with Crippen LogP contribution in [0.2, 0.25) is 0 Å². The second-order valence-corrected chi connectivity index (χ2v) is 5.22. The molecule has 0 atom stereocenters. The van der Waals surface area contributed by atoms with Crippen molar-refractivity contribution in [1.29, 1.82) is 0 Å². The van der Waals surface area contributed by atoms with Gasteiger partial charge in [-0.15, -0.1) is 0 Å². The predicted octanol–water partition coefficient (Wildman–Crippen LogP) is 3.65. The highest BCUT2D eigenvalue weighted by Gasteiger charge is 2.15. The van der Waals surface area contributed by atoms with Gasteiger partial charge in [-0.25, -0.2) is 0 Å². The number of benzene rings is 1. The van der Waals surface area contributed by atoms with E-state index in [0.717, 1.165) is 35.9 Å². The van der Waals surface area contributed by atoms with Gasteiger partial charge < -0.3 is 5.73 Å². The largest absolute Gasteiger partial charge is 0.398 e. The molecular weight excluding hydrogens is 220 g/mol. The predicted molar refractivity (Wildman–Crippen MR) is 76.8 cm³/mol. The van der Waals surface area contributed by atoms with Gasteiger partial charge >= 0.3 is 0 Å². The number of hydrogen-bond donors (Lipinski definition) is 1. The molecule has 1 aliphatic carbocycles. The van der Waals surface area contributed by atoms with E-state index in [1.54, 1.807) is 0 Å². The minimum atomic E-state index is 0.979. The van der Waals surface area contributed by atoms with Crippen LogP contribution in [0.4, 0.5) is 5.69 Å². The fraction of sp³-hybridized carbons (Fsp3) is 0.438. The molecule has 0 aliphatic heterocycles. The van der Waals surface area contributed by atoms with E-state index in [1.807, 2.05) is 0 Å². The minimum Gasteiger partial charge on any atom is -0.398 e. The molecule has 1 heterocycles. The molecule has 0 fully saturated rings. The van der Waals surface area contributed by atoms with Gasteiger partial charge in [0.05, 0.1) is 5.52 Å². The van der Waals surface area contributed by atoms with Gasteiger partial charge in [0.2, 0.25) is 0 Å². The van der Waals surface area contributed by atoms with Gasteiger partial charge in [-0.3, -0.25) is 4.98 Å². The van der Waals surface area contributed by atoms with Crippen molar-refractivity contribution in [3.8, 4) is 0 Å². The molecule has 0 spiro atoms. The minimum absolute atomic E-state index is 0.979. The number of aryl methyl sites for hydroxylation is 2. The number of nitrogens with two attached hydrogens (primary N) is 1. The van der Waals surface area contributed by atoms with Crippen LogP contribution < -0.4 is 5.73 Å². The lowest BCUT2D eigenvalue weighted by molar-refractivity contribution is 0.709. The molecule has 0 amide bonds. The molecule has 3 rings (SSSR count). The lowest BCUT2D eigenvalue weighted by Crippen LogP contribution is -2.03. The molecule has 0 unspecified atom stereocenters. The first-order valence-corrected chi connectivity index (χ1v) is 6.99. The number of rotatable bonds is 1. The molecule has 2 heteroatoms. The molecule has 0 saturated carbocycles. The molecule has 2 N–H and O–H groups in total. The Hall–Kier alpha value is -1.57. The van der Waals surface area contributed by atoms with Gasteiger partial charge in [-0.1, -0.05) is 19.4 Å². The quantitative estimate of drug-likeness (QED) is 0.773. The van der Waals surface area contributed by atoms with Crippen molar-refractivity contribution in [3.05, 3.63) is 35.0 Å². The van der Waals surface area contributed by atoms with Crippen LogP contribution in [0.15, 0.2) is 18.2 Å². The van der Waals surface area contributed by atoms with E-state index in [2.05, 4.69) is 25.1 Å². The summed E-state index contributed by atoms with van der Waals surface area (Å²) >= 11 is 0. The Kier molecular flexibility index (Phi) is 2.94. The van der Waals surface area contributed by atoms with Gasteiger partial charge in [0.25, 0.3) is 0 Å².